The molecule has 316 valence electrons. The maximum absolute atomic E-state index is 13.0. The van der Waals surface area contributed by atoms with Gasteiger partial charge in [-0.05, 0) is 32.6 Å². The van der Waals surface area contributed by atoms with Gasteiger partial charge < -0.3 is 57.5 Å². The van der Waals surface area contributed by atoms with Crippen LogP contribution < -0.4 is 37.6 Å². The minimum absolute atomic E-state index is 0.0314. The molecule has 0 aromatic heterocycles. The van der Waals surface area contributed by atoms with E-state index >= 15 is 0 Å². The Morgan fingerprint density at radius 1 is 0.691 bits per heavy atom. The molecule has 0 bridgehead atoms. The molecule has 7 amide bonds. The summed E-state index contributed by atoms with van der Waals surface area (Å²) >= 11 is 0. The fourth-order valence-electron chi connectivity index (χ4n) is 5.64. The Bertz CT molecular complexity index is 1220. The van der Waals surface area contributed by atoms with E-state index in [2.05, 4.69) is 38.8 Å². The Hall–Kier alpha value is -4.16. The smallest absolute Gasteiger partial charge is 0.258 e. The number of aldehydes is 1. The topological polar surface area (TPSA) is 278 Å². The number of nitrogens with zero attached hydrogens (tertiary/aromatic N) is 1. The molecule has 0 spiro atoms. The van der Waals surface area contributed by atoms with Crippen LogP contribution in [-0.2, 0) is 38.4 Å². The number of carbonyl (C=O) groups is 8. The van der Waals surface area contributed by atoms with Gasteiger partial charge in [-0.3, -0.25) is 33.6 Å². The summed E-state index contributed by atoms with van der Waals surface area (Å²) in [5, 5.41) is 34.2. The van der Waals surface area contributed by atoms with Crippen molar-refractivity contribution < 1.29 is 48.6 Å². The molecule has 0 saturated carbocycles. The number of rotatable bonds is 30. The van der Waals surface area contributed by atoms with Crippen molar-refractivity contribution in [3.63, 3.8) is 0 Å². The molecule has 6 atom stereocenters. The van der Waals surface area contributed by atoms with Crippen LogP contribution in [0.4, 0.5) is 0 Å². The third-order valence-electron chi connectivity index (χ3n) is 8.82. The first-order chi connectivity index (χ1) is 26.0. The molecule has 18 heteroatoms. The molecule has 0 aromatic carbocycles. The third-order valence-corrected chi connectivity index (χ3v) is 8.82. The van der Waals surface area contributed by atoms with Crippen LogP contribution >= 0.6 is 0 Å². The average molecular weight is 785 g/mol. The van der Waals surface area contributed by atoms with Gasteiger partial charge in [0.1, 0.15) is 30.5 Å². The quantitative estimate of drug-likeness (QED) is 0.0248. The number of hydrogen-bond donors (Lipinski definition) is 9. The molecular formula is C37H68N8O10. The van der Waals surface area contributed by atoms with Crippen LogP contribution in [0.3, 0.4) is 0 Å². The van der Waals surface area contributed by atoms with Crippen molar-refractivity contribution in [2.75, 3.05) is 26.7 Å². The van der Waals surface area contributed by atoms with Crippen molar-refractivity contribution in [3.8, 4) is 0 Å². The first-order valence-electron chi connectivity index (χ1n) is 19.5. The predicted octanol–water partition coefficient (Wildman–Crippen LogP) is -0.760. The molecule has 18 nitrogen and oxygen atoms in total. The van der Waals surface area contributed by atoms with Crippen LogP contribution in [0.25, 0.3) is 0 Å². The minimum atomic E-state index is -1.69. The molecule has 0 rings (SSSR count). The van der Waals surface area contributed by atoms with E-state index in [4.69, 9.17) is 5.73 Å². The van der Waals surface area contributed by atoms with E-state index in [1.165, 1.54) is 65.8 Å². The molecule has 0 aliphatic carbocycles. The number of aliphatic hydroxyl groups excluding tert-OH is 2. The zero-order valence-corrected chi connectivity index (χ0v) is 33.6. The summed E-state index contributed by atoms with van der Waals surface area (Å²) in [7, 11) is 1.18. The van der Waals surface area contributed by atoms with E-state index in [1.54, 1.807) is 0 Å². The number of amides is 7. The number of aliphatic hydroxyl groups is 2. The lowest BCUT2D eigenvalue weighted by molar-refractivity contribution is -0.144. The summed E-state index contributed by atoms with van der Waals surface area (Å²) in [6, 6.07) is -5.08. The standard InChI is InChI=1S/C37H68N8O10/c1-7-8-9-10-11-12-13-14-15-16-17-18-29(49)42-28(23-47)35(53)41-25(4)33(51)40-22-30(50)45(6)31(26(5)48)36(54)44-32(38)37(55)43-27(21-24(2)3)34(52)39-19-20-46/h20,24-28,31-32,47-48H,7-19,21-23,38H2,1-6H3,(H,39,52)(H,40,51)(H,41,53)(H,42,49)(H,43,55)(H,44,54)/t25-,26?,27+,28-,31+,32-/m1/s1. The van der Waals surface area contributed by atoms with E-state index in [0.717, 1.165) is 24.2 Å². The second-order valence-electron chi connectivity index (χ2n) is 14.3. The molecule has 0 aliphatic rings. The Labute approximate surface area is 325 Å². The summed E-state index contributed by atoms with van der Waals surface area (Å²) in [6.45, 7) is 6.76. The highest BCUT2D eigenvalue weighted by Crippen LogP contribution is 2.12. The van der Waals surface area contributed by atoms with Crippen molar-refractivity contribution in [3.05, 3.63) is 0 Å². The van der Waals surface area contributed by atoms with Crippen LogP contribution in [0.15, 0.2) is 0 Å². The van der Waals surface area contributed by atoms with Crippen molar-refractivity contribution in [2.45, 2.75) is 155 Å². The second-order valence-corrected chi connectivity index (χ2v) is 14.3. The summed E-state index contributed by atoms with van der Waals surface area (Å²) < 4.78 is 0. The van der Waals surface area contributed by atoms with Crippen LogP contribution in [0.5, 0.6) is 0 Å². The number of hydrogen-bond acceptors (Lipinski definition) is 11. The number of unbranched alkanes of at least 4 members (excludes halogenated alkanes) is 10. The summed E-state index contributed by atoms with van der Waals surface area (Å²) in [5.41, 5.74) is 5.85. The van der Waals surface area contributed by atoms with Gasteiger partial charge in [0, 0.05) is 13.5 Å². The van der Waals surface area contributed by atoms with Crippen LogP contribution in [0, 0.1) is 5.92 Å². The lowest BCUT2D eigenvalue weighted by atomic mass is 10.0. The first kappa shape index (κ1) is 50.8. The summed E-state index contributed by atoms with van der Waals surface area (Å²) in [4.78, 5) is 100. The molecule has 55 heavy (non-hydrogen) atoms. The van der Waals surface area contributed by atoms with Gasteiger partial charge in [-0.25, -0.2) is 0 Å². The van der Waals surface area contributed by atoms with Crippen LogP contribution in [0.1, 0.15) is 118 Å². The number of nitrogens with two attached hydrogens (primary N) is 1. The van der Waals surface area contributed by atoms with Crippen molar-refractivity contribution in [2.24, 2.45) is 11.7 Å². The highest BCUT2D eigenvalue weighted by Gasteiger charge is 2.34. The molecule has 0 radical (unpaired) electrons. The molecule has 0 saturated heterocycles. The highest BCUT2D eigenvalue weighted by molar-refractivity contribution is 5.96. The Morgan fingerprint density at radius 2 is 1.25 bits per heavy atom. The van der Waals surface area contributed by atoms with E-state index in [1.807, 2.05) is 13.8 Å². The Morgan fingerprint density at radius 3 is 1.76 bits per heavy atom. The van der Waals surface area contributed by atoms with E-state index in [0.29, 0.717) is 12.7 Å². The highest BCUT2D eigenvalue weighted by atomic mass is 16.3. The van der Waals surface area contributed by atoms with E-state index < -0.39 is 90.9 Å². The van der Waals surface area contributed by atoms with Gasteiger partial charge >= 0.3 is 0 Å². The zero-order valence-electron chi connectivity index (χ0n) is 33.6. The number of likely N-dealkylation sites (N-methyl/N-ethyl adjacent to an activating group) is 1. The molecule has 0 aliphatic heterocycles. The molecule has 0 fully saturated rings. The summed E-state index contributed by atoms with van der Waals surface area (Å²) in [6.07, 6.45) is 10.1. The summed E-state index contributed by atoms with van der Waals surface area (Å²) in [5.74, 6) is -5.41. The Kier molecular flexibility index (Phi) is 27.0. The minimum Gasteiger partial charge on any atom is -0.394 e. The molecule has 1 unspecified atom stereocenters. The van der Waals surface area contributed by atoms with Gasteiger partial charge in [0.2, 0.25) is 35.4 Å². The van der Waals surface area contributed by atoms with Crippen LogP contribution in [-0.4, -0.2) is 126 Å². The van der Waals surface area contributed by atoms with Crippen molar-refractivity contribution >= 4 is 47.6 Å². The van der Waals surface area contributed by atoms with Crippen molar-refractivity contribution in [1.82, 2.24) is 36.8 Å². The second kappa shape index (κ2) is 29.2. The maximum atomic E-state index is 13.0. The van der Waals surface area contributed by atoms with Gasteiger partial charge in [-0.1, -0.05) is 85.0 Å². The van der Waals surface area contributed by atoms with Crippen LogP contribution in [0.2, 0.25) is 0 Å². The molecular weight excluding hydrogens is 716 g/mol. The maximum Gasteiger partial charge on any atom is 0.258 e. The lowest BCUT2D eigenvalue weighted by Crippen LogP contribution is -2.62. The van der Waals surface area contributed by atoms with Crippen molar-refractivity contribution in [1.29, 1.82) is 0 Å². The predicted molar refractivity (Wildman–Crippen MR) is 206 cm³/mol. The zero-order chi connectivity index (χ0) is 41.9. The van der Waals surface area contributed by atoms with Gasteiger partial charge in [-0.2, -0.15) is 0 Å². The van der Waals surface area contributed by atoms with Gasteiger partial charge in [-0.15, -0.1) is 0 Å². The third kappa shape index (κ3) is 22.1. The fraction of sp³-hybridized carbons (Fsp3) is 0.784. The SMILES string of the molecule is CCCCCCCCCCCCCC(=O)N[C@H](CO)C(=O)N[C@H](C)C(=O)NCC(=O)N(C)[C@H](C(=O)N[C@@H](N)C(=O)N[C@@H](CC(C)C)C(=O)NCC=O)C(C)O. The first-order valence-corrected chi connectivity index (χ1v) is 19.5. The van der Waals surface area contributed by atoms with Gasteiger partial charge in [0.15, 0.2) is 6.17 Å². The fourth-order valence-corrected chi connectivity index (χ4v) is 5.64. The van der Waals surface area contributed by atoms with Gasteiger partial charge in [0.25, 0.3) is 5.91 Å². The van der Waals surface area contributed by atoms with E-state index in [9.17, 15) is 48.6 Å². The molecule has 0 aromatic rings. The molecule has 10 N–H and O–H groups in total. The van der Waals surface area contributed by atoms with E-state index in [-0.39, 0.29) is 25.3 Å². The van der Waals surface area contributed by atoms with Gasteiger partial charge in [0.05, 0.1) is 25.8 Å². The lowest BCUT2D eigenvalue weighted by Gasteiger charge is -2.30. The monoisotopic (exact) mass is 785 g/mol. The molecule has 0 heterocycles. The Balaban J connectivity index is 4.90. The normalized spacial score (nSPS) is 14.3. The number of nitrogens with one attached hydrogen (secondary N) is 6. The largest absolute Gasteiger partial charge is 0.394 e. The number of carbonyl (C=O) groups excluding carboxylic acids is 8. The average Bonchev–Trinajstić information content (AvgIpc) is 3.12.